The van der Waals surface area contributed by atoms with E-state index in [1.807, 2.05) is 6.92 Å². The molecule has 1 aromatic carbocycles. The lowest BCUT2D eigenvalue weighted by atomic mass is 10.1. The van der Waals surface area contributed by atoms with Crippen molar-refractivity contribution < 1.29 is 13.6 Å². The number of allylic oxidation sites excluding steroid dienone is 2. The van der Waals surface area contributed by atoms with Gasteiger partial charge in [-0.05, 0) is 36.3 Å². The van der Waals surface area contributed by atoms with Crippen LogP contribution in [0, 0.1) is 11.6 Å². The van der Waals surface area contributed by atoms with Crippen molar-refractivity contribution in [2.45, 2.75) is 19.8 Å². The summed E-state index contributed by atoms with van der Waals surface area (Å²) in [5, 5.41) is 0. The van der Waals surface area contributed by atoms with Crippen LogP contribution in [0.3, 0.4) is 0 Å². The number of carbonyl (C=O) groups excluding carboxylic acids is 1. The molecule has 1 aromatic rings. The van der Waals surface area contributed by atoms with Gasteiger partial charge in [-0.3, -0.25) is 4.79 Å². The van der Waals surface area contributed by atoms with Crippen molar-refractivity contribution in [3.05, 3.63) is 47.5 Å². The Morgan fingerprint density at radius 3 is 2.80 bits per heavy atom. The number of hydrogen-bond donors (Lipinski definition) is 0. The number of benzene rings is 1. The first-order valence-corrected chi connectivity index (χ1v) is 4.76. The lowest BCUT2D eigenvalue weighted by Crippen LogP contribution is -2.01. The third kappa shape index (κ3) is 3.62. The molecule has 0 heterocycles. The maximum atomic E-state index is 13.1. The molecule has 0 saturated heterocycles. The van der Waals surface area contributed by atoms with E-state index in [2.05, 4.69) is 0 Å². The summed E-state index contributed by atoms with van der Waals surface area (Å²) in [4.78, 5) is 11.3. The molecule has 0 atom stereocenters. The molecule has 0 bridgehead atoms. The van der Waals surface area contributed by atoms with Gasteiger partial charge in [-0.15, -0.1) is 0 Å². The average Bonchev–Trinajstić information content (AvgIpc) is 2.20. The molecule has 1 nitrogen and oxygen atoms in total. The van der Waals surface area contributed by atoms with Gasteiger partial charge in [-0.1, -0.05) is 13.0 Å². The minimum absolute atomic E-state index is 0.0971. The van der Waals surface area contributed by atoms with Crippen LogP contribution in [-0.4, -0.2) is 5.78 Å². The van der Waals surface area contributed by atoms with Crippen LogP contribution in [-0.2, 0) is 11.2 Å². The maximum absolute atomic E-state index is 13.1. The normalized spacial score (nSPS) is 10.9. The monoisotopic (exact) mass is 210 g/mol. The Hall–Kier alpha value is -1.51. The Balaban J connectivity index is 2.76. The van der Waals surface area contributed by atoms with Crippen LogP contribution in [0.15, 0.2) is 30.4 Å². The van der Waals surface area contributed by atoms with Crippen LogP contribution in [0.5, 0.6) is 0 Å². The summed E-state index contributed by atoms with van der Waals surface area (Å²) < 4.78 is 25.9. The fraction of sp³-hybridized carbons (Fsp3) is 0.250. The molecule has 0 amide bonds. The van der Waals surface area contributed by atoms with E-state index in [0.717, 1.165) is 24.6 Å². The molecule has 15 heavy (non-hydrogen) atoms. The average molecular weight is 210 g/mol. The third-order valence-electron chi connectivity index (χ3n) is 1.91. The van der Waals surface area contributed by atoms with E-state index in [1.165, 1.54) is 6.08 Å². The molecule has 0 radical (unpaired) electrons. The van der Waals surface area contributed by atoms with Crippen LogP contribution in [0.1, 0.15) is 18.9 Å². The maximum Gasteiger partial charge on any atom is 0.159 e. The van der Waals surface area contributed by atoms with E-state index in [1.54, 1.807) is 6.08 Å². The molecule has 0 N–H and O–H groups in total. The number of carbonyl (C=O) groups is 1. The highest BCUT2D eigenvalue weighted by Gasteiger charge is 2.06. The smallest absolute Gasteiger partial charge is 0.159 e. The van der Waals surface area contributed by atoms with Gasteiger partial charge < -0.3 is 0 Å². The number of rotatable bonds is 4. The highest BCUT2D eigenvalue weighted by Crippen LogP contribution is 2.10. The van der Waals surface area contributed by atoms with Gasteiger partial charge in [0.05, 0.1) is 0 Å². The van der Waals surface area contributed by atoms with E-state index in [0.29, 0.717) is 0 Å². The third-order valence-corrected chi connectivity index (χ3v) is 1.91. The predicted molar refractivity (Wildman–Crippen MR) is 54.5 cm³/mol. The quantitative estimate of drug-likeness (QED) is 0.698. The van der Waals surface area contributed by atoms with Crippen molar-refractivity contribution in [1.29, 1.82) is 0 Å². The molecule has 1 rings (SSSR count). The van der Waals surface area contributed by atoms with Gasteiger partial charge in [0.1, 0.15) is 11.6 Å². The van der Waals surface area contributed by atoms with Crippen molar-refractivity contribution in [1.82, 2.24) is 0 Å². The summed E-state index contributed by atoms with van der Waals surface area (Å²) in [6, 6.07) is 3.11. The number of ketones is 1. The SMILES string of the molecule is CC/C=C/C(=O)Cc1cc(F)ccc1F. The zero-order chi connectivity index (χ0) is 11.3. The van der Waals surface area contributed by atoms with Gasteiger partial charge in [0, 0.05) is 6.42 Å². The minimum Gasteiger partial charge on any atom is -0.294 e. The molecular formula is C12H12F2O. The molecule has 3 heteroatoms. The lowest BCUT2D eigenvalue weighted by Gasteiger charge is -2.00. The van der Waals surface area contributed by atoms with Gasteiger partial charge in [0.2, 0.25) is 0 Å². The zero-order valence-corrected chi connectivity index (χ0v) is 8.47. The second-order valence-electron chi connectivity index (χ2n) is 3.19. The van der Waals surface area contributed by atoms with Crippen molar-refractivity contribution in [2.75, 3.05) is 0 Å². The van der Waals surface area contributed by atoms with Gasteiger partial charge >= 0.3 is 0 Å². The van der Waals surface area contributed by atoms with Gasteiger partial charge in [-0.25, -0.2) is 8.78 Å². The molecule has 0 aliphatic rings. The van der Waals surface area contributed by atoms with Crippen LogP contribution in [0.4, 0.5) is 8.78 Å². The Morgan fingerprint density at radius 1 is 1.40 bits per heavy atom. The van der Waals surface area contributed by atoms with Crippen molar-refractivity contribution in [3.8, 4) is 0 Å². The number of hydrogen-bond acceptors (Lipinski definition) is 1. The fourth-order valence-electron chi connectivity index (χ4n) is 1.17. The first-order valence-electron chi connectivity index (χ1n) is 4.76. The van der Waals surface area contributed by atoms with Crippen LogP contribution in [0.2, 0.25) is 0 Å². The summed E-state index contributed by atoms with van der Waals surface area (Å²) in [6.07, 6.45) is 3.74. The first kappa shape index (κ1) is 11.6. The van der Waals surface area contributed by atoms with Gasteiger partial charge in [-0.2, -0.15) is 0 Å². The van der Waals surface area contributed by atoms with Gasteiger partial charge in [0.15, 0.2) is 5.78 Å². The first-order chi connectivity index (χ1) is 7.13. The van der Waals surface area contributed by atoms with Crippen LogP contribution >= 0.6 is 0 Å². The Labute approximate surface area is 87.4 Å². The van der Waals surface area contributed by atoms with E-state index in [-0.39, 0.29) is 17.8 Å². The highest BCUT2D eigenvalue weighted by atomic mass is 19.1. The lowest BCUT2D eigenvalue weighted by molar-refractivity contribution is -0.114. The minimum atomic E-state index is -0.547. The Morgan fingerprint density at radius 2 is 2.13 bits per heavy atom. The molecule has 0 fully saturated rings. The van der Waals surface area contributed by atoms with E-state index < -0.39 is 11.6 Å². The molecule has 0 unspecified atom stereocenters. The topological polar surface area (TPSA) is 17.1 Å². The summed E-state index contributed by atoms with van der Waals surface area (Å²) >= 11 is 0. The standard InChI is InChI=1S/C12H12F2O/c1-2-3-4-11(15)8-9-7-10(13)5-6-12(9)14/h3-7H,2,8H2,1H3/b4-3+. The van der Waals surface area contributed by atoms with Crippen LogP contribution < -0.4 is 0 Å². The molecule has 0 saturated carbocycles. The Kier molecular flexibility index (Phi) is 4.16. The van der Waals surface area contributed by atoms with Crippen molar-refractivity contribution >= 4 is 5.78 Å². The Bertz CT molecular complexity index is 383. The molecule has 0 spiro atoms. The van der Waals surface area contributed by atoms with E-state index in [4.69, 9.17) is 0 Å². The summed E-state index contributed by atoms with van der Waals surface area (Å²) in [7, 11) is 0. The van der Waals surface area contributed by atoms with E-state index in [9.17, 15) is 13.6 Å². The molecule has 0 aromatic heterocycles. The number of halogens is 2. The van der Waals surface area contributed by atoms with Crippen molar-refractivity contribution in [2.24, 2.45) is 0 Å². The second-order valence-corrected chi connectivity index (χ2v) is 3.19. The highest BCUT2D eigenvalue weighted by molar-refractivity contribution is 5.91. The molecular weight excluding hydrogens is 198 g/mol. The predicted octanol–water partition coefficient (Wildman–Crippen LogP) is 3.04. The second kappa shape index (κ2) is 5.39. The summed E-state index contributed by atoms with van der Waals surface area (Å²) in [5.74, 6) is -1.30. The van der Waals surface area contributed by atoms with Crippen LogP contribution in [0.25, 0.3) is 0 Å². The fourth-order valence-corrected chi connectivity index (χ4v) is 1.17. The summed E-state index contributed by atoms with van der Waals surface area (Å²) in [6.45, 7) is 1.90. The largest absolute Gasteiger partial charge is 0.294 e. The van der Waals surface area contributed by atoms with E-state index >= 15 is 0 Å². The zero-order valence-electron chi connectivity index (χ0n) is 8.47. The van der Waals surface area contributed by atoms with Crippen molar-refractivity contribution in [3.63, 3.8) is 0 Å². The summed E-state index contributed by atoms with van der Waals surface area (Å²) in [5.41, 5.74) is 0.0979. The molecule has 0 aliphatic heterocycles. The molecule has 80 valence electrons. The molecule has 0 aliphatic carbocycles. The van der Waals surface area contributed by atoms with Gasteiger partial charge in [0.25, 0.3) is 0 Å².